The van der Waals surface area contributed by atoms with E-state index in [1.165, 1.54) is 24.2 Å². The first-order chi connectivity index (χ1) is 11.5. The molecule has 0 spiro atoms. The second-order valence-electron chi connectivity index (χ2n) is 6.18. The van der Waals surface area contributed by atoms with E-state index in [1.807, 2.05) is 5.38 Å². The summed E-state index contributed by atoms with van der Waals surface area (Å²) in [6, 6.07) is 5.21. The summed E-state index contributed by atoms with van der Waals surface area (Å²) in [5, 5.41) is 5.88. The molecule has 7 heteroatoms. The van der Waals surface area contributed by atoms with Gasteiger partial charge in [0.15, 0.2) is 5.13 Å². The van der Waals surface area contributed by atoms with E-state index < -0.39 is 0 Å². The van der Waals surface area contributed by atoms with Crippen molar-refractivity contribution in [3.63, 3.8) is 0 Å². The van der Waals surface area contributed by atoms with Crippen LogP contribution in [0.4, 0.5) is 5.13 Å². The number of piperidine rings is 1. The number of halogens is 2. The minimum atomic E-state index is -0.242. The predicted molar refractivity (Wildman–Crippen MR) is 103 cm³/mol. The Morgan fingerprint density at radius 2 is 2.21 bits per heavy atom. The van der Waals surface area contributed by atoms with Gasteiger partial charge < -0.3 is 0 Å². The van der Waals surface area contributed by atoms with Crippen molar-refractivity contribution >= 4 is 49.9 Å². The fourth-order valence-electron chi connectivity index (χ4n) is 2.72. The molecule has 128 valence electrons. The van der Waals surface area contributed by atoms with Crippen LogP contribution in [0, 0.1) is 5.92 Å². The Morgan fingerprint density at radius 1 is 1.46 bits per heavy atom. The van der Waals surface area contributed by atoms with Gasteiger partial charge in [-0.1, -0.05) is 34.5 Å². The first-order valence-corrected chi connectivity index (χ1v) is 9.99. The Bertz CT molecular complexity index is 728. The summed E-state index contributed by atoms with van der Waals surface area (Å²) in [5.41, 5.74) is 1.44. The highest BCUT2D eigenvalue weighted by Crippen LogP contribution is 2.24. The molecular formula is C17H19BrClN3OS. The second-order valence-corrected chi connectivity index (χ2v) is 8.36. The standard InChI is InChI=1S/C17H19BrClN3OS/c1-11-4-6-22(7-5-11)9-13-10-24-17(20-13)21-16(23)14-8-12(18)2-3-15(14)19/h2-3,8,10-11H,4-7,9H2,1H3,(H,20,21,23). The van der Waals surface area contributed by atoms with E-state index >= 15 is 0 Å². The van der Waals surface area contributed by atoms with Gasteiger partial charge in [0.1, 0.15) is 0 Å². The number of nitrogens with one attached hydrogen (secondary N) is 1. The van der Waals surface area contributed by atoms with Crippen LogP contribution in [0.5, 0.6) is 0 Å². The zero-order valence-electron chi connectivity index (χ0n) is 13.4. The van der Waals surface area contributed by atoms with Crippen molar-refractivity contribution in [1.29, 1.82) is 0 Å². The Labute approximate surface area is 159 Å². The fraction of sp³-hybridized carbons (Fsp3) is 0.412. The lowest BCUT2D eigenvalue weighted by Crippen LogP contribution is -2.32. The summed E-state index contributed by atoms with van der Waals surface area (Å²) in [5.74, 6) is 0.579. The van der Waals surface area contributed by atoms with Crippen LogP contribution in [-0.2, 0) is 6.54 Å². The number of hydrogen-bond acceptors (Lipinski definition) is 4. The van der Waals surface area contributed by atoms with Crippen LogP contribution in [0.2, 0.25) is 5.02 Å². The molecule has 1 amide bonds. The lowest BCUT2D eigenvalue weighted by molar-refractivity contribution is 0.102. The highest BCUT2D eigenvalue weighted by atomic mass is 79.9. The molecule has 0 radical (unpaired) electrons. The van der Waals surface area contributed by atoms with Crippen molar-refractivity contribution in [3.8, 4) is 0 Å². The lowest BCUT2D eigenvalue weighted by atomic mass is 9.99. The van der Waals surface area contributed by atoms with Gasteiger partial charge in [-0.2, -0.15) is 0 Å². The maximum absolute atomic E-state index is 12.4. The molecule has 1 N–H and O–H groups in total. The van der Waals surface area contributed by atoms with Gasteiger partial charge in [-0.05, 0) is 50.0 Å². The van der Waals surface area contributed by atoms with Crippen LogP contribution in [0.3, 0.4) is 0 Å². The van der Waals surface area contributed by atoms with Crippen LogP contribution in [0.1, 0.15) is 35.8 Å². The number of hydrogen-bond donors (Lipinski definition) is 1. The van der Waals surface area contributed by atoms with Crippen molar-refractivity contribution in [3.05, 3.63) is 44.3 Å². The Balaban J connectivity index is 1.61. The molecule has 1 fully saturated rings. The van der Waals surface area contributed by atoms with Crippen LogP contribution in [0.15, 0.2) is 28.1 Å². The van der Waals surface area contributed by atoms with Crippen LogP contribution in [-0.4, -0.2) is 28.9 Å². The van der Waals surface area contributed by atoms with Gasteiger partial charge in [-0.3, -0.25) is 15.0 Å². The van der Waals surface area contributed by atoms with Crippen molar-refractivity contribution in [2.45, 2.75) is 26.3 Å². The molecule has 0 unspecified atom stereocenters. The van der Waals surface area contributed by atoms with Crippen molar-refractivity contribution in [2.24, 2.45) is 5.92 Å². The molecule has 1 saturated heterocycles. The van der Waals surface area contributed by atoms with E-state index in [-0.39, 0.29) is 5.91 Å². The lowest BCUT2D eigenvalue weighted by Gasteiger charge is -2.29. The third-order valence-electron chi connectivity index (χ3n) is 4.21. The van der Waals surface area contributed by atoms with E-state index in [4.69, 9.17) is 11.6 Å². The van der Waals surface area contributed by atoms with Crippen molar-refractivity contribution < 1.29 is 4.79 Å². The number of aromatic nitrogens is 1. The summed E-state index contributed by atoms with van der Waals surface area (Å²) in [4.78, 5) is 19.3. The minimum Gasteiger partial charge on any atom is -0.298 e. The molecule has 2 aromatic rings. The largest absolute Gasteiger partial charge is 0.298 e. The summed E-state index contributed by atoms with van der Waals surface area (Å²) < 4.78 is 0.816. The SMILES string of the molecule is CC1CCN(Cc2csc(NC(=O)c3cc(Br)ccc3Cl)n2)CC1. The van der Waals surface area contributed by atoms with Gasteiger partial charge in [0.25, 0.3) is 5.91 Å². The van der Waals surface area contributed by atoms with Crippen molar-refractivity contribution in [2.75, 3.05) is 18.4 Å². The minimum absolute atomic E-state index is 0.242. The zero-order chi connectivity index (χ0) is 17.1. The molecule has 24 heavy (non-hydrogen) atoms. The average Bonchev–Trinajstić information content (AvgIpc) is 2.99. The Morgan fingerprint density at radius 3 is 2.96 bits per heavy atom. The molecule has 4 nitrogen and oxygen atoms in total. The van der Waals surface area contributed by atoms with Crippen LogP contribution >= 0.6 is 38.9 Å². The molecule has 1 aliphatic rings. The maximum Gasteiger partial charge on any atom is 0.258 e. The Hall–Kier alpha value is -0.950. The third kappa shape index (κ3) is 4.57. The molecule has 1 aliphatic heterocycles. The van der Waals surface area contributed by atoms with E-state index in [9.17, 15) is 4.79 Å². The number of carbonyl (C=O) groups is 1. The molecule has 1 aromatic heterocycles. The fourth-order valence-corrected chi connectivity index (χ4v) is 3.98. The molecule has 1 aromatic carbocycles. The number of anilines is 1. The topological polar surface area (TPSA) is 45.2 Å². The highest BCUT2D eigenvalue weighted by molar-refractivity contribution is 9.10. The summed E-state index contributed by atoms with van der Waals surface area (Å²) in [6.45, 7) is 5.39. The molecule has 2 heterocycles. The van der Waals surface area contributed by atoms with Gasteiger partial charge in [0.05, 0.1) is 16.3 Å². The molecule has 3 rings (SSSR count). The van der Waals surface area contributed by atoms with Gasteiger partial charge in [-0.25, -0.2) is 4.98 Å². The van der Waals surface area contributed by atoms with E-state index in [2.05, 4.69) is 38.1 Å². The normalized spacial score (nSPS) is 16.3. The number of thiazole rings is 1. The summed E-state index contributed by atoms with van der Waals surface area (Å²) in [7, 11) is 0. The Kier molecular flexibility index (Phi) is 5.92. The summed E-state index contributed by atoms with van der Waals surface area (Å²) in [6.07, 6.45) is 2.49. The predicted octanol–water partition coefficient (Wildman–Crippen LogP) is 5.04. The van der Waals surface area contributed by atoms with Crippen molar-refractivity contribution in [1.82, 2.24) is 9.88 Å². The first-order valence-electron chi connectivity index (χ1n) is 7.94. The number of rotatable bonds is 4. The molecular weight excluding hydrogens is 410 g/mol. The van der Waals surface area contributed by atoms with Crippen LogP contribution < -0.4 is 5.32 Å². The van der Waals surface area contributed by atoms with Gasteiger partial charge >= 0.3 is 0 Å². The van der Waals surface area contributed by atoms with E-state index in [0.29, 0.717) is 15.7 Å². The summed E-state index contributed by atoms with van der Waals surface area (Å²) >= 11 is 10.9. The van der Waals surface area contributed by atoms with Gasteiger partial charge in [-0.15, -0.1) is 11.3 Å². The first kappa shape index (κ1) is 17.9. The molecule has 0 saturated carbocycles. The van der Waals surface area contributed by atoms with Gasteiger partial charge in [0.2, 0.25) is 0 Å². The number of likely N-dealkylation sites (tertiary alicyclic amines) is 1. The highest BCUT2D eigenvalue weighted by Gasteiger charge is 2.17. The maximum atomic E-state index is 12.4. The second kappa shape index (κ2) is 7.95. The number of benzene rings is 1. The zero-order valence-corrected chi connectivity index (χ0v) is 16.5. The number of amides is 1. The average molecular weight is 429 g/mol. The van der Waals surface area contributed by atoms with E-state index in [1.54, 1.807) is 18.2 Å². The molecule has 0 aliphatic carbocycles. The molecule has 0 atom stereocenters. The monoisotopic (exact) mass is 427 g/mol. The quantitative estimate of drug-likeness (QED) is 0.741. The third-order valence-corrected chi connectivity index (χ3v) is 5.84. The van der Waals surface area contributed by atoms with Crippen LogP contribution in [0.25, 0.3) is 0 Å². The van der Waals surface area contributed by atoms with E-state index in [0.717, 1.165) is 35.7 Å². The smallest absolute Gasteiger partial charge is 0.258 e. The van der Waals surface area contributed by atoms with Gasteiger partial charge in [0, 0.05) is 16.4 Å². The number of nitrogens with zero attached hydrogens (tertiary/aromatic N) is 2. The molecule has 0 bridgehead atoms. The number of carbonyl (C=O) groups excluding carboxylic acids is 1.